The Balaban J connectivity index is 2.25. The molecule has 0 bridgehead atoms. The van der Waals surface area contributed by atoms with Gasteiger partial charge in [-0.15, -0.1) is 0 Å². The van der Waals surface area contributed by atoms with Crippen LogP contribution in [0.15, 0.2) is 11.8 Å². The zero-order chi connectivity index (χ0) is 16.4. The lowest BCUT2D eigenvalue weighted by molar-refractivity contribution is -0.237. The first-order chi connectivity index (χ1) is 10.3. The zero-order valence-corrected chi connectivity index (χ0v) is 13.5. The molecule has 7 nitrogen and oxygen atoms in total. The Morgan fingerprint density at radius 1 is 1.41 bits per heavy atom. The number of rotatable bonds is 3. The standard InChI is InChI=1S/C15H23NO6/c1-14(2,3)21-13(18)16-8-5-7-15(16,12(17)19-4)10-11-6-9-20-22-11/h6H,5,7-10H2,1-4H3. The third-order valence-corrected chi connectivity index (χ3v) is 3.68. The molecule has 1 amide bonds. The number of ether oxygens (including phenoxy) is 2. The second-order valence-electron chi connectivity index (χ2n) is 6.47. The third kappa shape index (κ3) is 3.35. The van der Waals surface area contributed by atoms with E-state index >= 15 is 0 Å². The molecule has 2 heterocycles. The molecule has 0 aromatic carbocycles. The number of hydrogen-bond donors (Lipinski definition) is 0. The van der Waals surface area contributed by atoms with Crippen molar-refractivity contribution in [2.24, 2.45) is 0 Å². The molecule has 2 aliphatic heterocycles. The Morgan fingerprint density at radius 2 is 2.14 bits per heavy atom. The molecule has 7 heteroatoms. The van der Waals surface area contributed by atoms with E-state index in [4.69, 9.17) is 19.2 Å². The van der Waals surface area contributed by atoms with Gasteiger partial charge in [0.2, 0.25) is 0 Å². The van der Waals surface area contributed by atoms with Crippen molar-refractivity contribution >= 4 is 12.1 Å². The SMILES string of the molecule is COC(=O)C1(CC2=CCOO2)CCCN1C(=O)OC(C)(C)C. The minimum absolute atomic E-state index is 0.221. The van der Waals surface area contributed by atoms with Crippen molar-refractivity contribution in [3.05, 3.63) is 11.8 Å². The van der Waals surface area contributed by atoms with E-state index in [0.29, 0.717) is 31.8 Å². The maximum atomic E-state index is 12.5. The topological polar surface area (TPSA) is 74.3 Å². The molecule has 0 saturated carbocycles. The molecule has 0 N–H and O–H groups in total. The van der Waals surface area contributed by atoms with Gasteiger partial charge in [-0.05, 0) is 39.7 Å². The van der Waals surface area contributed by atoms with Crippen molar-refractivity contribution in [2.75, 3.05) is 20.3 Å². The van der Waals surface area contributed by atoms with Gasteiger partial charge >= 0.3 is 12.1 Å². The predicted octanol–water partition coefficient (Wildman–Crippen LogP) is 2.16. The van der Waals surface area contributed by atoms with Gasteiger partial charge in [-0.25, -0.2) is 9.59 Å². The quantitative estimate of drug-likeness (QED) is 0.587. The number of carbonyl (C=O) groups is 2. The van der Waals surface area contributed by atoms with Gasteiger partial charge in [0.25, 0.3) is 0 Å². The Bertz CT molecular complexity index is 481. The smallest absolute Gasteiger partial charge is 0.411 e. The van der Waals surface area contributed by atoms with Gasteiger partial charge in [0.15, 0.2) is 5.54 Å². The molecule has 0 aromatic heterocycles. The van der Waals surface area contributed by atoms with E-state index in [-0.39, 0.29) is 6.42 Å². The molecule has 0 radical (unpaired) electrons. The molecule has 1 fully saturated rings. The van der Waals surface area contributed by atoms with Gasteiger partial charge in [-0.1, -0.05) is 0 Å². The van der Waals surface area contributed by atoms with Gasteiger partial charge in [-0.3, -0.25) is 4.90 Å². The molecule has 1 saturated heterocycles. The largest absolute Gasteiger partial charge is 0.467 e. The highest BCUT2D eigenvalue weighted by atomic mass is 17.2. The molecule has 0 aromatic rings. The molecular weight excluding hydrogens is 290 g/mol. The van der Waals surface area contributed by atoms with E-state index in [0.717, 1.165) is 0 Å². The van der Waals surface area contributed by atoms with Crippen LogP contribution in [0.5, 0.6) is 0 Å². The summed E-state index contributed by atoms with van der Waals surface area (Å²) in [4.78, 5) is 36.2. The second kappa shape index (κ2) is 6.16. The van der Waals surface area contributed by atoms with Crippen molar-refractivity contribution < 1.29 is 28.8 Å². The Hall–Kier alpha value is -1.76. The summed E-state index contributed by atoms with van der Waals surface area (Å²) < 4.78 is 10.4. The fourth-order valence-electron chi connectivity index (χ4n) is 2.78. The minimum Gasteiger partial charge on any atom is -0.467 e. The summed E-state index contributed by atoms with van der Waals surface area (Å²) in [6.45, 7) is 6.14. The van der Waals surface area contributed by atoms with E-state index in [2.05, 4.69) is 0 Å². The lowest BCUT2D eigenvalue weighted by atomic mass is 9.91. The summed E-state index contributed by atoms with van der Waals surface area (Å²) in [5.74, 6) is 0.0631. The number of amides is 1. The van der Waals surface area contributed by atoms with Gasteiger partial charge in [-0.2, -0.15) is 4.89 Å². The van der Waals surface area contributed by atoms with Gasteiger partial charge in [0.1, 0.15) is 18.0 Å². The Labute approximate surface area is 130 Å². The summed E-state index contributed by atoms with van der Waals surface area (Å²) >= 11 is 0. The molecule has 2 rings (SSSR count). The average Bonchev–Trinajstić information content (AvgIpc) is 3.06. The lowest BCUT2D eigenvalue weighted by Crippen LogP contribution is -2.55. The predicted molar refractivity (Wildman–Crippen MR) is 76.7 cm³/mol. The van der Waals surface area contributed by atoms with Crippen LogP contribution in [-0.2, 0) is 24.0 Å². The zero-order valence-electron chi connectivity index (χ0n) is 13.5. The summed E-state index contributed by atoms with van der Waals surface area (Å²) in [5, 5.41) is 0. The van der Waals surface area contributed by atoms with Crippen LogP contribution in [0.4, 0.5) is 4.79 Å². The monoisotopic (exact) mass is 313 g/mol. The van der Waals surface area contributed by atoms with Crippen LogP contribution in [-0.4, -0.2) is 48.4 Å². The Kier molecular flexibility index (Phi) is 4.65. The fraction of sp³-hybridized carbons (Fsp3) is 0.733. The average molecular weight is 313 g/mol. The van der Waals surface area contributed by atoms with Gasteiger partial charge in [0, 0.05) is 13.0 Å². The third-order valence-electron chi connectivity index (χ3n) is 3.68. The van der Waals surface area contributed by atoms with Gasteiger partial charge in [0.05, 0.1) is 7.11 Å². The van der Waals surface area contributed by atoms with Crippen molar-refractivity contribution in [1.29, 1.82) is 0 Å². The van der Waals surface area contributed by atoms with Crippen molar-refractivity contribution in [2.45, 2.75) is 51.2 Å². The molecule has 124 valence electrons. The number of esters is 1. The van der Waals surface area contributed by atoms with E-state index in [1.54, 1.807) is 26.8 Å². The van der Waals surface area contributed by atoms with Crippen LogP contribution in [0.3, 0.4) is 0 Å². The van der Waals surface area contributed by atoms with Crippen LogP contribution in [0, 0.1) is 0 Å². The van der Waals surface area contributed by atoms with Crippen molar-refractivity contribution in [3.63, 3.8) is 0 Å². The first-order valence-electron chi connectivity index (χ1n) is 7.36. The van der Waals surface area contributed by atoms with E-state index in [1.807, 2.05) is 0 Å². The van der Waals surface area contributed by atoms with Crippen LogP contribution in [0.1, 0.15) is 40.0 Å². The highest BCUT2D eigenvalue weighted by molar-refractivity contribution is 5.87. The Morgan fingerprint density at radius 3 is 2.68 bits per heavy atom. The molecule has 1 atom stereocenters. The van der Waals surface area contributed by atoms with Crippen LogP contribution >= 0.6 is 0 Å². The normalized spacial score (nSPS) is 24.7. The number of methoxy groups -OCH3 is 1. The molecule has 22 heavy (non-hydrogen) atoms. The number of likely N-dealkylation sites (tertiary alicyclic amines) is 1. The van der Waals surface area contributed by atoms with E-state index in [9.17, 15) is 9.59 Å². The number of carbonyl (C=O) groups excluding carboxylic acids is 2. The minimum atomic E-state index is -1.10. The van der Waals surface area contributed by atoms with Gasteiger partial charge < -0.3 is 14.4 Å². The van der Waals surface area contributed by atoms with Crippen LogP contribution in [0.25, 0.3) is 0 Å². The van der Waals surface area contributed by atoms with Crippen LogP contribution < -0.4 is 0 Å². The van der Waals surface area contributed by atoms with Crippen LogP contribution in [0.2, 0.25) is 0 Å². The summed E-state index contributed by atoms with van der Waals surface area (Å²) in [5.41, 5.74) is -1.73. The van der Waals surface area contributed by atoms with Crippen molar-refractivity contribution in [1.82, 2.24) is 4.90 Å². The summed E-state index contributed by atoms with van der Waals surface area (Å²) in [6.07, 6.45) is 2.65. The fourth-order valence-corrected chi connectivity index (χ4v) is 2.78. The summed E-state index contributed by atoms with van der Waals surface area (Å²) in [7, 11) is 1.32. The molecule has 0 spiro atoms. The first-order valence-corrected chi connectivity index (χ1v) is 7.36. The highest BCUT2D eigenvalue weighted by Crippen LogP contribution is 2.38. The second-order valence-corrected chi connectivity index (χ2v) is 6.47. The van der Waals surface area contributed by atoms with E-state index in [1.165, 1.54) is 12.0 Å². The first kappa shape index (κ1) is 16.6. The van der Waals surface area contributed by atoms with E-state index < -0.39 is 23.2 Å². The number of nitrogens with zero attached hydrogens (tertiary/aromatic N) is 1. The lowest BCUT2D eigenvalue weighted by Gasteiger charge is -2.36. The maximum absolute atomic E-state index is 12.5. The molecule has 2 aliphatic rings. The highest BCUT2D eigenvalue weighted by Gasteiger charge is 2.53. The molecule has 1 unspecified atom stereocenters. The summed E-state index contributed by atoms with van der Waals surface area (Å²) in [6, 6.07) is 0. The maximum Gasteiger partial charge on any atom is 0.411 e. The number of hydrogen-bond acceptors (Lipinski definition) is 6. The van der Waals surface area contributed by atoms with Crippen molar-refractivity contribution in [3.8, 4) is 0 Å². The molecular formula is C15H23NO6. The molecule has 0 aliphatic carbocycles.